The van der Waals surface area contributed by atoms with Gasteiger partial charge in [0.05, 0.1) is 12.0 Å². The van der Waals surface area contributed by atoms with E-state index in [0.717, 1.165) is 26.4 Å². The Bertz CT molecular complexity index is 1140. The molecule has 0 aliphatic rings. The Morgan fingerprint density at radius 2 is 1.90 bits per heavy atom. The minimum absolute atomic E-state index is 0.172. The molecule has 6 nitrogen and oxygen atoms in total. The Balaban J connectivity index is 1.53. The highest BCUT2D eigenvalue weighted by Crippen LogP contribution is 2.28. The van der Waals surface area contributed by atoms with Crippen LogP contribution in [0.4, 0.5) is 0 Å². The van der Waals surface area contributed by atoms with Gasteiger partial charge in [-0.15, -0.1) is 21.5 Å². The van der Waals surface area contributed by atoms with Gasteiger partial charge in [0.1, 0.15) is 0 Å². The number of benzene rings is 2. The molecule has 4 rings (SSSR count). The Hall–Kier alpha value is -2.75. The van der Waals surface area contributed by atoms with Crippen molar-refractivity contribution in [3.05, 3.63) is 81.5 Å². The van der Waals surface area contributed by atoms with Gasteiger partial charge in [-0.3, -0.25) is 9.36 Å². The van der Waals surface area contributed by atoms with Gasteiger partial charge in [0.25, 0.3) is 5.91 Å². The van der Waals surface area contributed by atoms with Crippen LogP contribution in [0.2, 0.25) is 0 Å². The molecule has 0 saturated heterocycles. The van der Waals surface area contributed by atoms with E-state index in [2.05, 4.69) is 36.7 Å². The van der Waals surface area contributed by atoms with Crippen molar-refractivity contribution in [3.63, 3.8) is 0 Å². The van der Waals surface area contributed by atoms with E-state index in [0.29, 0.717) is 5.16 Å². The topological polar surface area (TPSA) is 72.2 Å². The second kappa shape index (κ2) is 9.84. The molecule has 0 unspecified atom stereocenters. The maximum absolute atomic E-state index is 12.2. The average molecular weight is 498 g/mol. The van der Waals surface area contributed by atoms with Crippen molar-refractivity contribution in [2.75, 3.05) is 5.75 Å². The quantitative estimate of drug-likeness (QED) is 0.221. The van der Waals surface area contributed by atoms with Crippen molar-refractivity contribution in [2.24, 2.45) is 5.10 Å². The number of rotatable bonds is 7. The first-order chi connectivity index (χ1) is 14.7. The summed E-state index contributed by atoms with van der Waals surface area (Å²) < 4.78 is 2.94. The molecule has 4 aromatic rings. The molecule has 0 fully saturated rings. The van der Waals surface area contributed by atoms with Crippen LogP contribution in [0.15, 0.2) is 86.8 Å². The van der Waals surface area contributed by atoms with Crippen LogP contribution in [-0.2, 0) is 4.79 Å². The number of aromatic nitrogens is 3. The van der Waals surface area contributed by atoms with Gasteiger partial charge in [0.15, 0.2) is 11.0 Å². The van der Waals surface area contributed by atoms with Gasteiger partial charge in [0.2, 0.25) is 0 Å². The van der Waals surface area contributed by atoms with Gasteiger partial charge in [-0.25, -0.2) is 5.43 Å². The Kier molecular flexibility index (Phi) is 6.73. The lowest BCUT2D eigenvalue weighted by molar-refractivity contribution is -0.118. The monoisotopic (exact) mass is 497 g/mol. The summed E-state index contributed by atoms with van der Waals surface area (Å²) in [6.07, 6.45) is 1.63. The third-order valence-electron chi connectivity index (χ3n) is 4.01. The molecule has 0 aliphatic carbocycles. The van der Waals surface area contributed by atoms with E-state index >= 15 is 0 Å². The number of nitrogens with one attached hydrogen (secondary N) is 1. The van der Waals surface area contributed by atoms with Crippen molar-refractivity contribution in [1.82, 2.24) is 20.2 Å². The largest absolute Gasteiger partial charge is 0.272 e. The first kappa shape index (κ1) is 20.5. The molecule has 9 heteroatoms. The molecule has 1 amide bonds. The van der Waals surface area contributed by atoms with E-state index in [4.69, 9.17) is 0 Å². The fraction of sp³-hybridized carbons (Fsp3) is 0.0476. The highest BCUT2D eigenvalue weighted by Gasteiger charge is 2.17. The lowest BCUT2D eigenvalue weighted by Gasteiger charge is -2.10. The minimum atomic E-state index is -0.209. The number of halogens is 1. The number of amides is 1. The zero-order chi connectivity index (χ0) is 20.8. The zero-order valence-electron chi connectivity index (χ0n) is 15.6. The van der Waals surface area contributed by atoms with Crippen molar-refractivity contribution in [2.45, 2.75) is 5.16 Å². The fourth-order valence-corrected chi connectivity index (χ4v) is 4.25. The second-order valence-electron chi connectivity index (χ2n) is 6.08. The first-order valence-corrected chi connectivity index (χ1v) is 11.6. The van der Waals surface area contributed by atoms with E-state index in [1.807, 2.05) is 76.7 Å². The summed E-state index contributed by atoms with van der Waals surface area (Å²) in [7, 11) is 0. The van der Waals surface area contributed by atoms with E-state index < -0.39 is 0 Å². The summed E-state index contributed by atoms with van der Waals surface area (Å²) in [4.78, 5) is 13.2. The van der Waals surface area contributed by atoms with Crippen LogP contribution in [0, 0.1) is 0 Å². The number of hydrogen-bond donors (Lipinski definition) is 1. The summed E-state index contributed by atoms with van der Waals surface area (Å²) in [6, 6.07) is 21.6. The Morgan fingerprint density at radius 1 is 1.10 bits per heavy atom. The van der Waals surface area contributed by atoms with Crippen LogP contribution in [0.1, 0.15) is 4.88 Å². The second-order valence-corrected chi connectivity index (χ2v) is 8.92. The van der Waals surface area contributed by atoms with Crippen molar-refractivity contribution in [1.29, 1.82) is 0 Å². The highest BCUT2D eigenvalue weighted by molar-refractivity contribution is 9.10. The van der Waals surface area contributed by atoms with E-state index in [1.54, 1.807) is 17.6 Å². The summed E-state index contributed by atoms with van der Waals surface area (Å²) in [5, 5.41) is 15.3. The van der Waals surface area contributed by atoms with Gasteiger partial charge in [0, 0.05) is 20.6 Å². The third-order valence-corrected chi connectivity index (χ3v) is 6.27. The van der Waals surface area contributed by atoms with Crippen LogP contribution in [0.3, 0.4) is 0 Å². The number of hydrogen-bond acceptors (Lipinski definition) is 6. The van der Waals surface area contributed by atoms with Crippen LogP contribution in [0.5, 0.6) is 0 Å². The molecule has 0 saturated carbocycles. The fourth-order valence-electron chi connectivity index (χ4n) is 2.66. The smallest absolute Gasteiger partial charge is 0.250 e. The lowest BCUT2D eigenvalue weighted by atomic mass is 10.2. The highest BCUT2D eigenvalue weighted by atomic mass is 79.9. The molecule has 0 spiro atoms. The van der Waals surface area contributed by atoms with E-state index in [9.17, 15) is 4.79 Å². The molecule has 0 bridgehead atoms. The molecular formula is C21H16BrN5OS2. The third kappa shape index (κ3) is 5.05. The molecule has 1 N–H and O–H groups in total. The van der Waals surface area contributed by atoms with Crippen LogP contribution in [0.25, 0.3) is 17.1 Å². The van der Waals surface area contributed by atoms with Crippen molar-refractivity contribution >= 4 is 51.2 Å². The van der Waals surface area contributed by atoms with Crippen LogP contribution >= 0.6 is 39.0 Å². The predicted molar refractivity (Wildman–Crippen MR) is 125 cm³/mol. The molecule has 0 radical (unpaired) electrons. The number of thioether (sulfide) groups is 1. The normalized spacial score (nSPS) is 11.1. The van der Waals surface area contributed by atoms with Gasteiger partial charge in [-0.05, 0) is 35.7 Å². The van der Waals surface area contributed by atoms with Crippen molar-refractivity contribution < 1.29 is 4.79 Å². The maximum Gasteiger partial charge on any atom is 0.250 e. The molecule has 2 heterocycles. The van der Waals surface area contributed by atoms with Crippen molar-refractivity contribution in [3.8, 4) is 17.1 Å². The Morgan fingerprint density at radius 3 is 2.63 bits per heavy atom. The van der Waals surface area contributed by atoms with Crippen LogP contribution < -0.4 is 5.43 Å². The SMILES string of the molecule is O=C(CSc1nnc(-c2ccccc2)n1-c1ccc(Br)cc1)NN=Cc1cccs1. The first-order valence-electron chi connectivity index (χ1n) is 8.96. The van der Waals surface area contributed by atoms with E-state index in [1.165, 1.54) is 11.8 Å². The number of thiophene rings is 1. The molecular weight excluding hydrogens is 482 g/mol. The average Bonchev–Trinajstić information content (AvgIpc) is 3.43. The molecule has 2 aromatic carbocycles. The number of carbonyl (C=O) groups excluding carboxylic acids is 1. The summed E-state index contributed by atoms with van der Waals surface area (Å²) in [5.74, 6) is 0.682. The van der Waals surface area contributed by atoms with Gasteiger partial charge in [-0.1, -0.05) is 64.1 Å². The molecule has 150 valence electrons. The van der Waals surface area contributed by atoms with E-state index in [-0.39, 0.29) is 11.7 Å². The summed E-state index contributed by atoms with van der Waals surface area (Å²) in [6.45, 7) is 0. The number of hydrazone groups is 1. The maximum atomic E-state index is 12.2. The molecule has 0 aliphatic heterocycles. The van der Waals surface area contributed by atoms with Gasteiger partial charge >= 0.3 is 0 Å². The minimum Gasteiger partial charge on any atom is -0.272 e. The number of carbonyl (C=O) groups is 1. The predicted octanol–water partition coefficient (Wildman–Crippen LogP) is 5.00. The molecule has 30 heavy (non-hydrogen) atoms. The summed E-state index contributed by atoms with van der Waals surface area (Å²) in [5.41, 5.74) is 4.42. The lowest BCUT2D eigenvalue weighted by Crippen LogP contribution is -2.19. The van der Waals surface area contributed by atoms with Gasteiger partial charge < -0.3 is 0 Å². The van der Waals surface area contributed by atoms with Gasteiger partial charge in [-0.2, -0.15) is 5.10 Å². The standard InChI is InChI=1S/C21H16BrN5OS2/c22-16-8-10-17(11-9-16)27-20(15-5-2-1-3-6-15)25-26-21(27)30-14-19(28)24-23-13-18-7-4-12-29-18/h1-13H,14H2,(H,24,28). The zero-order valence-corrected chi connectivity index (χ0v) is 18.8. The molecule has 0 atom stereocenters. The van der Waals surface area contributed by atoms with Crippen LogP contribution in [-0.4, -0.2) is 32.6 Å². The Labute approximate surface area is 190 Å². The molecule has 2 aromatic heterocycles. The summed E-state index contributed by atoms with van der Waals surface area (Å²) >= 11 is 6.33. The number of nitrogens with zero attached hydrogens (tertiary/aromatic N) is 4.